The lowest BCUT2D eigenvalue weighted by molar-refractivity contribution is -0.122. The number of nitrogens with zero attached hydrogens (tertiary/aromatic N) is 1. The molecular weight excluding hydrogens is 392 g/mol. The average Bonchev–Trinajstić information content (AvgIpc) is 2.68. The van der Waals surface area contributed by atoms with Crippen LogP contribution in [0, 0.1) is 0 Å². The molecule has 0 heterocycles. The molecule has 2 rings (SSSR count). The fourth-order valence-corrected chi connectivity index (χ4v) is 4.18. The number of carbonyl (C=O) groups is 2. The van der Waals surface area contributed by atoms with Crippen molar-refractivity contribution in [2.75, 3.05) is 20.3 Å². The van der Waals surface area contributed by atoms with Gasteiger partial charge in [0, 0.05) is 25.3 Å². The second-order valence-corrected chi connectivity index (χ2v) is 8.70. The number of amides is 1. The maximum Gasteiger partial charge on any atom is 0.243 e. The van der Waals surface area contributed by atoms with Crippen molar-refractivity contribution in [2.24, 2.45) is 0 Å². The van der Waals surface area contributed by atoms with Gasteiger partial charge in [0.2, 0.25) is 15.9 Å². The van der Waals surface area contributed by atoms with Crippen LogP contribution >= 0.6 is 0 Å². The first-order valence-corrected chi connectivity index (χ1v) is 10.6. The van der Waals surface area contributed by atoms with Gasteiger partial charge >= 0.3 is 0 Å². The Kier molecular flexibility index (Phi) is 8.07. The summed E-state index contributed by atoms with van der Waals surface area (Å²) in [7, 11) is -2.43. The quantitative estimate of drug-likeness (QED) is 0.598. The summed E-state index contributed by atoms with van der Waals surface area (Å²) in [4.78, 5) is 23.9. The van der Waals surface area contributed by atoms with Gasteiger partial charge in [0.1, 0.15) is 0 Å². The fraction of sp³-hybridized carbons (Fsp3) is 0.333. The third kappa shape index (κ3) is 6.49. The molecule has 0 unspecified atom stereocenters. The number of Topliss-reactive ketones (excluding diaryl/α,β-unsaturated/α-hetero) is 1. The molecule has 0 aliphatic rings. The van der Waals surface area contributed by atoms with Crippen molar-refractivity contribution in [1.29, 1.82) is 0 Å². The minimum Gasteiger partial charge on any atom is -0.383 e. The highest BCUT2D eigenvalue weighted by Gasteiger charge is 2.27. The van der Waals surface area contributed by atoms with E-state index in [4.69, 9.17) is 4.74 Å². The van der Waals surface area contributed by atoms with Crippen molar-refractivity contribution in [2.45, 2.75) is 31.3 Å². The molecule has 8 heteroatoms. The number of methoxy groups -OCH3 is 1. The van der Waals surface area contributed by atoms with Crippen LogP contribution in [0.2, 0.25) is 0 Å². The first-order valence-electron chi connectivity index (χ1n) is 9.17. The van der Waals surface area contributed by atoms with E-state index in [9.17, 15) is 18.0 Å². The molecule has 0 spiro atoms. The summed E-state index contributed by atoms with van der Waals surface area (Å²) in [5.41, 5.74) is 1.18. The molecule has 7 nitrogen and oxygen atoms in total. The number of nitrogens with one attached hydrogen (secondary N) is 1. The number of sulfonamides is 1. The molecule has 0 aromatic heterocycles. The molecule has 1 N–H and O–H groups in total. The van der Waals surface area contributed by atoms with Crippen molar-refractivity contribution in [1.82, 2.24) is 9.62 Å². The van der Waals surface area contributed by atoms with Gasteiger partial charge in [-0.05, 0) is 31.5 Å². The average molecular weight is 419 g/mol. The Balaban J connectivity index is 2.29. The van der Waals surface area contributed by atoms with Gasteiger partial charge in [-0.25, -0.2) is 8.42 Å². The molecule has 0 saturated heterocycles. The summed E-state index contributed by atoms with van der Waals surface area (Å²) in [5.74, 6) is -0.573. The van der Waals surface area contributed by atoms with Crippen LogP contribution in [0.4, 0.5) is 0 Å². The molecule has 0 aliphatic heterocycles. The second-order valence-electron chi connectivity index (χ2n) is 6.76. The summed E-state index contributed by atoms with van der Waals surface area (Å²) >= 11 is 0. The maximum atomic E-state index is 13.2. The highest BCUT2D eigenvalue weighted by atomic mass is 32.2. The molecule has 0 fully saturated rings. The van der Waals surface area contributed by atoms with Crippen molar-refractivity contribution in [3.8, 4) is 0 Å². The van der Waals surface area contributed by atoms with Crippen LogP contribution in [0.3, 0.4) is 0 Å². The van der Waals surface area contributed by atoms with E-state index in [1.54, 1.807) is 19.1 Å². The molecular formula is C21H26N2O5S. The number of hydrogen-bond donors (Lipinski definition) is 1. The zero-order valence-electron chi connectivity index (χ0n) is 16.8. The van der Waals surface area contributed by atoms with E-state index in [1.165, 1.54) is 38.3 Å². The Morgan fingerprint density at radius 2 is 1.69 bits per heavy atom. The maximum absolute atomic E-state index is 13.2. The monoisotopic (exact) mass is 418 g/mol. The molecule has 29 heavy (non-hydrogen) atoms. The van der Waals surface area contributed by atoms with Crippen LogP contribution in [0.15, 0.2) is 59.5 Å². The Bertz CT molecular complexity index is 927. The molecule has 0 bridgehead atoms. The van der Waals surface area contributed by atoms with Gasteiger partial charge < -0.3 is 10.1 Å². The van der Waals surface area contributed by atoms with Gasteiger partial charge in [-0.15, -0.1) is 0 Å². The molecule has 0 aliphatic carbocycles. The highest BCUT2D eigenvalue weighted by Crippen LogP contribution is 2.19. The van der Waals surface area contributed by atoms with Crippen LogP contribution in [-0.4, -0.2) is 50.7 Å². The number of hydrogen-bond acceptors (Lipinski definition) is 5. The van der Waals surface area contributed by atoms with Crippen LogP contribution in [0.1, 0.15) is 29.8 Å². The number of rotatable bonds is 10. The van der Waals surface area contributed by atoms with E-state index in [0.29, 0.717) is 12.2 Å². The summed E-state index contributed by atoms with van der Waals surface area (Å²) < 4.78 is 32.5. The molecule has 1 amide bonds. The predicted molar refractivity (Wildman–Crippen MR) is 110 cm³/mol. The predicted octanol–water partition coefficient (Wildman–Crippen LogP) is 2.23. The highest BCUT2D eigenvalue weighted by molar-refractivity contribution is 7.89. The topological polar surface area (TPSA) is 92.8 Å². The zero-order valence-corrected chi connectivity index (χ0v) is 17.6. The van der Waals surface area contributed by atoms with Gasteiger partial charge in [0.25, 0.3) is 0 Å². The fourth-order valence-electron chi connectivity index (χ4n) is 2.80. The van der Waals surface area contributed by atoms with Crippen molar-refractivity contribution < 1.29 is 22.7 Å². The Morgan fingerprint density at radius 1 is 1.07 bits per heavy atom. The lowest BCUT2D eigenvalue weighted by Crippen LogP contribution is -2.44. The summed E-state index contributed by atoms with van der Waals surface area (Å²) in [6, 6.07) is 14.5. The van der Waals surface area contributed by atoms with Crippen molar-refractivity contribution in [3.05, 3.63) is 65.7 Å². The standard InChI is InChI=1S/C21H26N2O5S/c1-16(15-28-3)22-21(25)14-23(13-18-7-5-4-6-8-18)29(26,27)20-11-9-19(10-12-20)17(2)24/h4-12,16H,13-15H2,1-3H3,(H,22,25)/t16-/m1/s1. The van der Waals surface area contributed by atoms with Gasteiger partial charge in [0.15, 0.2) is 5.78 Å². The molecule has 156 valence electrons. The van der Waals surface area contributed by atoms with E-state index in [2.05, 4.69) is 5.32 Å². The minimum absolute atomic E-state index is 0.0242. The third-order valence-electron chi connectivity index (χ3n) is 4.24. The smallest absolute Gasteiger partial charge is 0.243 e. The van der Waals surface area contributed by atoms with Crippen LogP contribution < -0.4 is 5.32 Å². The molecule has 0 saturated carbocycles. The SMILES string of the molecule is COC[C@@H](C)NC(=O)CN(Cc1ccccc1)S(=O)(=O)c1ccc(C(C)=O)cc1. The van der Waals surface area contributed by atoms with Gasteiger partial charge in [-0.2, -0.15) is 4.31 Å². The van der Waals surface area contributed by atoms with Crippen LogP contribution in [0.5, 0.6) is 0 Å². The van der Waals surface area contributed by atoms with Crippen LogP contribution in [0.25, 0.3) is 0 Å². The molecule has 1 atom stereocenters. The lowest BCUT2D eigenvalue weighted by Gasteiger charge is -2.23. The molecule has 2 aromatic carbocycles. The van der Waals surface area contributed by atoms with E-state index in [0.717, 1.165) is 9.87 Å². The Labute approximate surface area is 171 Å². The minimum atomic E-state index is -3.95. The number of benzene rings is 2. The normalized spacial score (nSPS) is 12.6. The molecule has 2 aromatic rings. The van der Waals surface area contributed by atoms with Crippen molar-refractivity contribution in [3.63, 3.8) is 0 Å². The van der Waals surface area contributed by atoms with E-state index < -0.39 is 15.9 Å². The van der Waals surface area contributed by atoms with Crippen molar-refractivity contribution >= 4 is 21.7 Å². The zero-order chi connectivity index (χ0) is 21.4. The van der Waals surface area contributed by atoms with Crippen LogP contribution in [-0.2, 0) is 26.1 Å². The summed E-state index contributed by atoms with van der Waals surface area (Å²) in [5, 5.41) is 2.73. The first-order chi connectivity index (χ1) is 13.7. The Hall–Kier alpha value is -2.55. The summed E-state index contributed by atoms with van der Waals surface area (Å²) in [6.45, 7) is 3.22. The first kappa shape index (κ1) is 22.7. The number of carbonyl (C=O) groups excluding carboxylic acids is 2. The third-order valence-corrected chi connectivity index (χ3v) is 6.05. The van der Waals surface area contributed by atoms with E-state index >= 15 is 0 Å². The largest absolute Gasteiger partial charge is 0.383 e. The second kappa shape index (κ2) is 10.3. The Morgan fingerprint density at radius 3 is 2.24 bits per heavy atom. The van der Waals surface area contributed by atoms with Gasteiger partial charge in [-0.1, -0.05) is 42.5 Å². The number of ether oxygens (including phenoxy) is 1. The van der Waals surface area contributed by atoms with Gasteiger partial charge in [-0.3, -0.25) is 9.59 Å². The van der Waals surface area contributed by atoms with Gasteiger partial charge in [0.05, 0.1) is 18.0 Å². The van der Waals surface area contributed by atoms with E-state index in [1.807, 2.05) is 18.2 Å². The molecule has 0 radical (unpaired) electrons. The lowest BCUT2D eigenvalue weighted by atomic mass is 10.2. The summed E-state index contributed by atoms with van der Waals surface area (Å²) in [6.07, 6.45) is 0. The van der Waals surface area contributed by atoms with E-state index in [-0.39, 0.29) is 29.8 Å². The number of ketones is 1.